The molecule has 0 bridgehead atoms. The van der Waals surface area contributed by atoms with Crippen LogP contribution in [0.1, 0.15) is 0 Å². The van der Waals surface area contributed by atoms with Gasteiger partial charge in [0.05, 0.1) is 6.61 Å². The lowest BCUT2D eigenvalue weighted by atomic mass is 10.3. The molecule has 0 saturated carbocycles. The molecule has 0 spiro atoms. The normalized spacial score (nSPS) is 15.4. The maximum absolute atomic E-state index is 10.7. The van der Waals surface area contributed by atoms with E-state index in [0.29, 0.717) is 32.2 Å². The number of carbonyl (C=O) groups excluding carboxylic acids is 1. The number of piperazine rings is 1. The van der Waals surface area contributed by atoms with Gasteiger partial charge in [-0.2, -0.15) is 4.98 Å². The first-order valence-electron chi connectivity index (χ1n) is 6.33. The van der Waals surface area contributed by atoms with E-state index in [4.69, 9.17) is 4.74 Å². The quantitative estimate of drug-likeness (QED) is 0.568. The molecule has 0 unspecified atom stereocenters. The standard InChI is InChI=1S/C12H19N5O2/c1-19-9-4-13-11-2-3-14-12(15-11)17-7-5-16(10-18)6-8-17/h2-3,10H,4-9H2,1H3,(H,13,14,15). The summed E-state index contributed by atoms with van der Waals surface area (Å²) >= 11 is 0. The van der Waals surface area contributed by atoms with E-state index in [1.165, 1.54) is 0 Å². The van der Waals surface area contributed by atoms with Gasteiger partial charge in [-0.15, -0.1) is 0 Å². The van der Waals surface area contributed by atoms with Crippen molar-refractivity contribution in [1.82, 2.24) is 14.9 Å². The number of amides is 1. The Morgan fingerprint density at radius 2 is 2.21 bits per heavy atom. The van der Waals surface area contributed by atoms with Crippen molar-refractivity contribution >= 4 is 18.2 Å². The van der Waals surface area contributed by atoms with Crippen LogP contribution in [0.5, 0.6) is 0 Å². The van der Waals surface area contributed by atoms with E-state index in [1.54, 1.807) is 18.2 Å². The third kappa shape index (κ3) is 3.78. The minimum Gasteiger partial charge on any atom is -0.383 e. The van der Waals surface area contributed by atoms with Crippen LogP contribution in [0.25, 0.3) is 0 Å². The van der Waals surface area contributed by atoms with Gasteiger partial charge in [-0.25, -0.2) is 4.98 Å². The van der Waals surface area contributed by atoms with Gasteiger partial charge in [0.2, 0.25) is 12.4 Å². The zero-order valence-corrected chi connectivity index (χ0v) is 11.1. The zero-order chi connectivity index (χ0) is 13.5. The van der Waals surface area contributed by atoms with E-state index >= 15 is 0 Å². The van der Waals surface area contributed by atoms with Crippen LogP contribution in [0.2, 0.25) is 0 Å². The second-order valence-electron chi connectivity index (χ2n) is 4.29. The lowest BCUT2D eigenvalue weighted by Gasteiger charge is -2.32. The third-order valence-corrected chi connectivity index (χ3v) is 3.00. The van der Waals surface area contributed by atoms with Gasteiger partial charge in [0.1, 0.15) is 5.82 Å². The van der Waals surface area contributed by atoms with Crippen LogP contribution >= 0.6 is 0 Å². The van der Waals surface area contributed by atoms with Gasteiger partial charge >= 0.3 is 0 Å². The number of hydrogen-bond donors (Lipinski definition) is 1. The number of anilines is 2. The van der Waals surface area contributed by atoms with Crippen molar-refractivity contribution < 1.29 is 9.53 Å². The first-order chi connectivity index (χ1) is 9.33. The summed E-state index contributed by atoms with van der Waals surface area (Å²) in [5.74, 6) is 1.49. The fourth-order valence-electron chi connectivity index (χ4n) is 1.91. The van der Waals surface area contributed by atoms with Crippen LogP contribution in [0.15, 0.2) is 12.3 Å². The zero-order valence-electron chi connectivity index (χ0n) is 11.1. The van der Waals surface area contributed by atoms with Crippen LogP contribution in [0.4, 0.5) is 11.8 Å². The van der Waals surface area contributed by atoms with Gasteiger partial charge in [0, 0.05) is 46.0 Å². The van der Waals surface area contributed by atoms with Gasteiger partial charge in [0.25, 0.3) is 0 Å². The van der Waals surface area contributed by atoms with Gasteiger partial charge in [0.15, 0.2) is 0 Å². The predicted molar refractivity (Wildman–Crippen MR) is 72.2 cm³/mol. The topological polar surface area (TPSA) is 70.6 Å². The Labute approximate surface area is 112 Å². The molecule has 1 aliphatic heterocycles. The molecule has 7 heteroatoms. The number of nitrogens with zero attached hydrogens (tertiary/aromatic N) is 4. The van der Waals surface area contributed by atoms with Gasteiger partial charge < -0.3 is 19.9 Å². The highest BCUT2D eigenvalue weighted by molar-refractivity contribution is 5.48. The SMILES string of the molecule is COCCNc1ccnc(N2CCN(C=O)CC2)n1. The largest absolute Gasteiger partial charge is 0.383 e. The molecule has 104 valence electrons. The van der Waals surface area contributed by atoms with Gasteiger partial charge in [-0.05, 0) is 6.07 Å². The summed E-state index contributed by atoms with van der Waals surface area (Å²) < 4.78 is 4.98. The molecule has 1 aromatic rings. The van der Waals surface area contributed by atoms with E-state index in [2.05, 4.69) is 20.2 Å². The highest BCUT2D eigenvalue weighted by Crippen LogP contribution is 2.12. The second-order valence-corrected chi connectivity index (χ2v) is 4.29. The summed E-state index contributed by atoms with van der Waals surface area (Å²) in [6, 6.07) is 1.83. The average molecular weight is 265 g/mol. The number of hydrogen-bond acceptors (Lipinski definition) is 6. The van der Waals surface area contributed by atoms with Crippen LogP contribution < -0.4 is 10.2 Å². The van der Waals surface area contributed by atoms with Crippen molar-refractivity contribution in [2.45, 2.75) is 0 Å². The predicted octanol–water partition coefficient (Wildman–Crippen LogP) is -0.187. The summed E-state index contributed by atoms with van der Waals surface area (Å²) in [4.78, 5) is 23.2. The molecule has 1 amide bonds. The van der Waals surface area contributed by atoms with Crippen molar-refractivity contribution in [2.75, 3.05) is 56.7 Å². The van der Waals surface area contributed by atoms with E-state index in [0.717, 1.165) is 25.3 Å². The van der Waals surface area contributed by atoms with Crippen molar-refractivity contribution in [3.8, 4) is 0 Å². The third-order valence-electron chi connectivity index (χ3n) is 3.00. The highest BCUT2D eigenvalue weighted by Gasteiger charge is 2.17. The molecule has 1 saturated heterocycles. The smallest absolute Gasteiger partial charge is 0.227 e. The first-order valence-corrected chi connectivity index (χ1v) is 6.33. The molecule has 19 heavy (non-hydrogen) atoms. The maximum atomic E-state index is 10.7. The molecule has 1 aliphatic rings. The molecule has 2 heterocycles. The lowest BCUT2D eigenvalue weighted by Crippen LogP contribution is -2.46. The van der Waals surface area contributed by atoms with Crippen LogP contribution in [0, 0.1) is 0 Å². The molecule has 0 radical (unpaired) electrons. The number of rotatable bonds is 6. The Hall–Kier alpha value is -1.89. The molecule has 0 aliphatic carbocycles. The lowest BCUT2D eigenvalue weighted by molar-refractivity contribution is -0.118. The molecule has 1 fully saturated rings. The van der Waals surface area contributed by atoms with Gasteiger partial charge in [-0.1, -0.05) is 0 Å². The van der Waals surface area contributed by atoms with Crippen LogP contribution in [0.3, 0.4) is 0 Å². The molecule has 0 aromatic carbocycles. The minimum atomic E-state index is 0.636. The van der Waals surface area contributed by atoms with Crippen LogP contribution in [-0.4, -0.2) is 67.7 Å². The highest BCUT2D eigenvalue weighted by atomic mass is 16.5. The molecule has 1 aromatic heterocycles. The molecule has 1 N–H and O–H groups in total. The van der Waals surface area contributed by atoms with E-state index in [9.17, 15) is 4.79 Å². The summed E-state index contributed by atoms with van der Waals surface area (Å²) in [6.07, 6.45) is 2.63. The summed E-state index contributed by atoms with van der Waals surface area (Å²) in [5, 5.41) is 3.18. The maximum Gasteiger partial charge on any atom is 0.227 e. The number of carbonyl (C=O) groups is 1. The van der Waals surface area contributed by atoms with Crippen molar-refractivity contribution in [3.63, 3.8) is 0 Å². The number of nitrogens with one attached hydrogen (secondary N) is 1. The average Bonchev–Trinajstić information content (AvgIpc) is 2.48. The Morgan fingerprint density at radius 1 is 1.42 bits per heavy atom. The van der Waals surface area contributed by atoms with E-state index < -0.39 is 0 Å². The molecule has 7 nitrogen and oxygen atoms in total. The van der Waals surface area contributed by atoms with Crippen LogP contribution in [-0.2, 0) is 9.53 Å². The molecular weight excluding hydrogens is 246 g/mol. The summed E-state index contributed by atoms with van der Waals surface area (Å²) in [6.45, 7) is 4.31. The van der Waals surface area contributed by atoms with Crippen molar-refractivity contribution in [2.24, 2.45) is 0 Å². The molecule has 2 rings (SSSR count). The number of methoxy groups -OCH3 is 1. The van der Waals surface area contributed by atoms with Crippen molar-refractivity contribution in [1.29, 1.82) is 0 Å². The number of aromatic nitrogens is 2. The Morgan fingerprint density at radius 3 is 2.89 bits per heavy atom. The molecular formula is C12H19N5O2. The first kappa shape index (κ1) is 13.5. The summed E-state index contributed by atoms with van der Waals surface area (Å²) in [5.41, 5.74) is 0. The Kier molecular flexibility index (Phi) is 4.91. The molecule has 0 atom stereocenters. The van der Waals surface area contributed by atoms with E-state index in [-0.39, 0.29) is 0 Å². The minimum absolute atomic E-state index is 0.636. The van der Waals surface area contributed by atoms with E-state index in [1.807, 2.05) is 6.07 Å². The second kappa shape index (κ2) is 6.89. The summed E-state index contributed by atoms with van der Waals surface area (Å²) in [7, 11) is 1.67. The Bertz CT molecular complexity index is 407. The fraction of sp³-hybridized carbons (Fsp3) is 0.583. The monoisotopic (exact) mass is 265 g/mol. The fourth-order valence-corrected chi connectivity index (χ4v) is 1.91. The number of ether oxygens (including phenoxy) is 1. The van der Waals surface area contributed by atoms with Crippen molar-refractivity contribution in [3.05, 3.63) is 12.3 Å². The Balaban J connectivity index is 1.93. The van der Waals surface area contributed by atoms with Gasteiger partial charge in [-0.3, -0.25) is 4.79 Å².